The van der Waals surface area contributed by atoms with Crippen LogP contribution in [0.3, 0.4) is 0 Å². The molecule has 0 spiro atoms. The molecule has 2 heterocycles. The lowest BCUT2D eigenvalue weighted by atomic mass is 10.4. The summed E-state index contributed by atoms with van der Waals surface area (Å²) in [6.07, 6.45) is 5.69. The highest BCUT2D eigenvalue weighted by Gasteiger charge is 2.20. The Morgan fingerprint density at radius 2 is 2.05 bits per heavy atom. The summed E-state index contributed by atoms with van der Waals surface area (Å²) in [6.45, 7) is 6.29. The third-order valence-corrected chi connectivity index (χ3v) is 5.12. The van der Waals surface area contributed by atoms with Gasteiger partial charge in [0.25, 0.3) is 0 Å². The molecule has 8 heteroatoms. The quantitative estimate of drug-likeness (QED) is 0.687. The zero-order valence-corrected chi connectivity index (χ0v) is 13.4. The van der Waals surface area contributed by atoms with Crippen LogP contribution in [0, 0.1) is 0 Å². The van der Waals surface area contributed by atoms with E-state index in [1.807, 2.05) is 6.92 Å². The van der Waals surface area contributed by atoms with Crippen LogP contribution in [0.5, 0.6) is 0 Å². The molecule has 0 aromatic carbocycles. The first-order valence-electron chi connectivity index (χ1n) is 7.58. The second kappa shape index (κ2) is 7.24. The van der Waals surface area contributed by atoms with Crippen molar-refractivity contribution in [3.8, 4) is 0 Å². The van der Waals surface area contributed by atoms with E-state index in [9.17, 15) is 8.42 Å². The Morgan fingerprint density at radius 3 is 2.71 bits per heavy atom. The van der Waals surface area contributed by atoms with Crippen molar-refractivity contribution < 1.29 is 8.42 Å². The molecule has 0 aliphatic carbocycles. The highest BCUT2D eigenvalue weighted by Crippen LogP contribution is 2.16. The lowest BCUT2D eigenvalue weighted by molar-refractivity contribution is 0.334. The molecule has 1 saturated heterocycles. The Hall–Kier alpha value is -1.12. The van der Waals surface area contributed by atoms with E-state index in [1.165, 1.54) is 19.0 Å². The van der Waals surface area contributed by atoms with Crippen molar-refractivity contribution in [1.82, 2.24) is 19.4 Å². The zero-order chi connectivity index (χ0) is 15.3. The monoisotopic (exact) mass is 315 g/mol. The van der Waals surface area contributed by atoms with Gasteiger partial charge in [-0.2, -0.15) is 5.10 Å². The maximum Gasteiger partial charge on any atom is 0.245 e. The highest BCUT2D eigenvalue weighted by atomic mass is 32.2. The Bertz CT molecular complexity index is 549. The summed E-state index contributed by atoms with van der Waals surface area (Å²) in [5, 5.41) is 4.02. The van der Waals surface area contributed by atoms with Crippen molar-refractivity contribution in [2.24, 2.45) is 0 Å². The van der Waals surface area contributed by atoms with E-state index in [2.05, 4.69) is 14.7 Å². The summed E-state index contributed by atoms with van der Waals surface area (Å²) in [4.78, 5) is 2.44. The number of nitrogens with zero attached hydrogens (tertiary/aromatic N) is 3. The molecule has 0 bridgehead atoms. The predicted octanol–water partition coefficient (Wildman–Crippen LogP) is 0.640. The van der Waals surface area contributed by atoms with Gasteiger partial charge in [-0.05, 0) is 45.3 Å². The van der Waals surface area contributed by atoms with Crippen LogP contribution in [0.25, 0.3) is 0 Å². The largest absolute Gasteiger partial charge is 0.381 e. The molecule has 1 aliphatic heterocycles. The molecule has 7 nitrogen and oxygen atoms in total. The molecule has 3 N–H and O–H groups in total. The predicted molar refractivity (Wildman–Crippen MR) is 82.4 cm³/mol. The van der Waals surface area contributed by atoms with Gasteiger partial charge in [-0.3, -0.25) is 4.68 Å². The molecule has 0 amide bonds. The number of rotatable bonds is 8. The number of nitrogens with two attached hydrogens (primary N) is 1. The van der Waals surface area contributed by atoms with Crippen molar-refractivity contribution in [2.45, 2.75) is 44.0 Å². The Morgan fingerprint density at radius 1 is 1.33 bits per heavy atom. The van der Waals surface area contributed by atoms with E-state index in [0.717, 1.165) is 32.5 Å². The minimum Gasteiger partial charge on any atom is -0.381 e. The van der Waals surface area contributed by atoms with E-state index in [1.54, 1.807) is 4.68 Å². The molecule has 120 valence electrons. The van der Waals surface area contributed by atoms with Gasteiger partial charge >= 0.3 is 0 Å². The van der Waals surface area contributed by atoms with Crippen LogP contribution >= 0.6 is 0 Å². The minimum absolute atomic E-state index is 0.0653. The number of nitrogen functional groups attached to an aromatic ring is 1. The summed E-state index contributed by atoms with van der Waals surface area (Å²) in [5.74, 6) is 0.0653. The van der Waals surface area contributed by atoms with Gasteiger partial charge in [0.2, 0.25) is 10.0 Å². The summed E-state index contributed by atoms with van der Waals surface area (Å²) < 4.78 is 28.6. The van der Waals surface area contributed by atoms with Gasteiger partial charge in [-0.15, -0.1) is 0 Å². The van der Waals surface area contributed by atoms with Gasteiger partial charge in [-0.25, -0.2) is 13.1 Å². The van der Waals surface area contributed by atoms with Gasteiger partial charge in [0, 0.05) is 19.3 Å². The highest BCUT2D eigenvalue weighted by molar-refractivity contribution is 7.89. The first kappa shape index (κ1) is 16.3. The molecule has 1 aliphatic rings. The number of nitrogens with one attached hydrogen (secondary N) is 1. The molecule has 0 atom stereocenters. The summed E-state index contributed by atoms with van der Waals surface area (Å²) in [6, 6.07) is 0. The fourth-order valence-electron chi connectivity index (χ4n) is 2.56. The third-order valence-electron chi connectivity index (χ3n) is 3.64. The van der Waals surface area contributed by atoms with E-state index in [-0.39, 0.29) is 10.7 Å². The number of aryl methyl sites for hydroxylation is 1. The van der Waals surface area contributed by atoms with E-state index >= 15 is 0 Å². The maximum atomic E-state index is 12.2. The van der Waals surface area contributed by atoms with Gasteiger partial charge in [-0.1, -0.05) is 6.92 Å². The van der Waals surface area contributed by atoms with Crippen molar-refractivity contribution >= 4 is 15.8 Å². The van der Waals surface area contributed by atoms with Crippen LogP contribution in [0.4, 0.5) is 5.82 Å². The Labute approximate surface area is 126 Å². The lowest BCUT2D eigenvalue weighted by Crippen LogP contribution is -2.29. The second-order valence-electron chi connectivity index (χ2n) is 5.44. The van der Waals surface area contributed by atoms with E-state index in [4.69, 9.17) is 5.73 Å². The molecule has 1 aromatic rings. The number of anilines is 1. The number of sulfonamides is 1. The van der Waals surface area contributed by atoms with Crippen molar-refractivity contribution in [3.63, 3.8) is 0 Å². The average molecular weight is 315 g/mol. The standard InChI is InChI=1S/C13H25N5O2S/c1-2-7-18-11-12(13(14)16-18)21(19,20)15-6-5-10-17-8-3-4-9-17/h11,15H,2-10H2,1H3,(H2,14,16). The number of aromatic nitrogens is 2. The van der Waals surface area contributed by atoms with Crippen molar-refractivity contribution in [1.29, 1.82) is 0 Å². The second-order valence-corrected chi connectivity index (χ2v) is 7.18. The van der Waals surface area contributed by atoms with Gasteiger partial charge in [0.1, 0.15) is 4.90 Å². The third kappa shape index (κ3) is 4.42. The van der Waals surface area contributed by atoms with E-state index in [0.29, 0.717) is 13.1 Å². The molecule has 0 radical (unpaired) electrons. The number of hydrogen-bond donors (Lipinski definition) is 2. The Kier molecular flexibility index (Phi) is 5.60. The van der Waals surface area contributed by atoms with Gasteiger partial charge in [0.15, 0.2) is 5.82 Å². The van der Waals surface area contributed by atoms with Gasteiger partial charge in [0.05, 0.1) is 0 Å². The summed E-state index contributed by atoms with van der Waals surface area (Å²) in [5.41, 5.74) is 5.70. The topological polar surface area (TPSA) is 93.2 Å². The van der Waals surface area contributed by atoms with Gasteiger partial charge < -0.3 is 10.6 Å². The molecule has 2 rings (SSSR count). The molecule has 0 unspecified atom stereocenters. The molecular formula is C13H25N5O2S. The first-order chi connectivity index (χ1) is 10.0. The molecule has 0 saturated carbocycles. The SMILES string of the molecule is CCCn1cc(S(=O)(=O)NCCCN2CCCC2)c(N)n1. The zero-order valence-electron chi connectivity index (χ0n) is 12.6. The average Bonchev–Trinajstić information content (AvgIpc) is 3.05. The van der Waals surface area contributed by atoms with Crippen LogP contribution in [-0.4, -0.2) is 49.3 Å². The van der Waals surface area contributed by atoms with E-state index < -0.39 is 10.0 Å². The van der Waals surface area contributed by atoms with Crippen molar-refractivity contribution in [2.75, 3.05) is 31.9 Å². The molecular weight excluding hydrogens is 290 g/mol. The Balaban J connectivity index is 1.85. The summed E-state index contributed by atoms with van der Waals surface area (Å²) in [7, 11) is -3.56. The maximum absolute atomic E-state index is 12.2. The number of likely N-dealkylation sites (tertiary alicyclic amines) is 1. The fourth-order valence-corrected chi connectivity index (χ4v) is 3.71. The molecule has 1 fully saturated rings. The van der Waals surface area contributed by atoms with Crippen LogP contribution in [0.2, 0.25) is 0 Å². The smallest absolute Gasteiger partial charge is 0.245 e. The molecule has 21 heavy (non-hydrogen) atoms. The van der Waals surface area contributed by atoms with Crippen LogP contribution in [0.15, 0.2) is 11.1 Å². The van der Waals surface area contributed by atoms with Crippen molar-refractivity contribution in [3.05, 3.63) is 6.20 Å². The van der Waals surface area contributed by atoms with Crippen LogP contribution < -0.4 is 10.5 Å². The summed E-state index contributed by atoms with van der Waals surface area (Å²) >= 11 is 0. The fraction of sp³-hybridized carbons (Fsp3) is 0.769. The minimum atomic E-state index is -3.56. The van der Waals surface area contributed by atoms with Crippen LogP contribution in [-0.2, 0) is 16.6 Å². The number of hydrogen-bond acceptors (Lipinski definition) is 5. The molecule has 1 aromatic heterocycles. The first-order valence-corrected chi connectivity index (χ1v) is 9.06. The van der Waals surface area contributed by atoms with Crippen LogP contribution in [0.1, 0.15) is 32.6 Å². The normalized spacial score (nSPS) is 16.6. The lowest BCUT2D eigenvalue weighted by Gasteiger charge is -2.14.